The van der Waals surface area contributed by atoms with Gasteiger partial charge in [0.1, 0.15) is 0 Å². The van der Waals surface area contributed by atoms with Crippen LogP contribution < -0.4 is 0 Å². The van der Waals surface area contributed by atoms with E-state index >= 15 is 0 Å². The predicted octanol–water partition coefficient (Wildman–Crippen LogP) is 1.59. The number of aryl methyl sites for hydroxylation is 1. The van der Waals surface area contributed by atoms with E-state index in [0.29, 0.717) is 5.69 Å². The standard InChI is InChI=1S/C5H5FN2S/c1-3-4(6)5(9)8-2-7-3/h2H,1H3,(H,7,8,9). The number of aromatic nitrogens is 2. The molecule has 48 valence electrons. The predicted molar refractivity (Wildman–Crippen MR) is 34.1 cm³/mol. The fraction of sp³-hybridized carbons (Fsp3) is 0.200. The van der Waals surface area contributed by atoms with Crippen LogP contribution in [0.1, 0.15) is 5.69 Å². The maximum atomic E-state index is 12.5. The van der Waals surface area contributed by atoms with Crippen molar-refractivity contribution in [3.63, 3.8) is 0 Å². The smallest absolute Gasteiger partial charge is 0.178 e. The van der Waals surface area contributed by atoms with Crippen molar-refractivity contribution in [1.82, 2.24) is 9.97 Å². The van der Waals surface area contributed by atoms with Crippen LogP contribution in [0.25, 0.3) is 0 Å². The van der Waals surface area contributed by atoms with Crippen molar-refractivity contribution in [1.29, 1.82) is 0 Å². The lowest BCUT2D eigenvalue weighted by molar-refractivity contribution is 0.596. The monoisotopic (exact) mass is 144 g/mol. The van der Waals surface area contributed by atoms with Crippen molar-refractivity contribution in [2.75, 3.05) is 0 Å². The minimum Gasteiger partial charge on any atom is -0.347 e. The fourth-order valence-electron chi connectivity index (χ4n) is 0.468. The van der Waals surface area contributed by atoms with Gasteiger partial charge in [-0.3, -0.25) is 0 Å². The molecule has 0 unspecified atom stereocenters. The highest BCUT2D eigenvalue weighted by Crippen LogP contribution is 1.99. The number of nitrogens with zero attached hydrogens (tertiary/aromatic N) is 1. The van der Waals surface area contributed by atoms with Crippen LogP contribution in [0, 0.1) is 17.4 Å². The minimum atomic E-state index is -0.437. The first-order valence-corrected chi connectivity index (χ1v) is 2.82. The third kappa shape index (κ3) is 1.13. The lowest BCUT2D eigenvalue weighted by Crippen LogP contribution is -1.89. The van der Waals surface area contributed by atoms with Gasteiger partial charge in [-0.25, -0.2) is 9.37 Å². The van der Waals surface area contributed by atoms with E-state index in [4.69, 9.17) is 0 Å². The molecule has 0 saturated carbocycles. The van der Waals surface area contributed by atoms with Gasteiger partial charge in [0.05, 0.1) is 12.0 Å². The number of nitrogens with one attached hydrogen (secondary N) is 1. The Hall–Kier alpha value is -0.770. The lowest BCUT2D eigenvalue weighted by Gasteiger charge is -1.91. The van der Waals surface area contributed by atoms with E-state index in [-0.39, 0.29) is 4.64 Å². The quantitative estimate of drug-likeness (QED) is 0.560. The summed E-state index contributed by atoms with van der Waals surface area (Å²) in [6, 6.07) is 0. The summed E-state index contributed by atoms with van der Waals surface area (Å²) in [4.78, 5) is 6.11. The van der Waals surface area contributed by atoms with E-state index in [1.165, 1.54) is 6.33 Å². The van der Waals surface area contributed by atoms with Gasteiger partial charge in [-0.2, -0.15) is 0 Å². The van der Waals surface area contributed by atoms with Gasteiger partial charge in [-0.05, 0) is 6.92 Å². The molecule has 0 aliphatic carbocycles. The number of halogens is 1. The average molecular weight is 144 g/mol. The normalized spacial score (nSPS) is 9.56. The number of H-pyrrole nitrogens is 1. The Bertz CT molecular complexity index is 268. The summed E-state index contributed by atoms with van der Waals surface area (Å²) in [6.45, 7) is 1.60. The highest BCUT2D eigenvalue weighted by atomic mass is 32.1. The van der Waals surface area contributed by atoms with Crippen LogP contribution >= 0.6 is 12.2 Å². The molecule has 1 heterocycles. The summed E-state index contributed by atoms with van der Waals surface area (Å²) in [5.74, 6) is -0.437. The Kier molecular flexibility index (Phi) is 1.57. The summed E-state index contributed by atoms with van der Waals surface area (Å²) in [7, 11) is 0. The SMILES string of the molecule is Cc1[nH]cnc(=S)c1F. The maximum Gasteiger partial charge on any atom is 0.178 e. The highest BCUT2D eigenvalue weighted by Gasteiger charge is 1.95. The van der Waals surface area contributed by atoms with Crippen molar-refractivity contribution in [2.45, 2.75) is 6.92 Å². The fourth-order valence-corrected chi connectivity index (χ4v) is 0.674. The van der Waals surface area contributed by atoms with E-state index in [9.17, 15) is 4.39 Å². The van der Waals surface area contributed by atoms with Gasteiger partial charge < -0.3 is 4.98 Å². The van der Waals surface area contributed by atoms with Gasteiger partial charge in [-0.1, -0.05) is 12.2 Å². The van der Waals surface area contributed by atoms with Crippen molar-refractivity contribution in [3.05, 3.63) is 22.5 Å². The Balaban J connectivity index is 3.43. The molecule has 0 spiro atoms. The Morgan fingerprint density at radius 1 is 1.78 bits per heavy atom. The van der Waals surface area contributed by atoms with Gasteiger partial charge >= 0.3 is 0 Å². The van der Waals surface area contributed by atoms with Crippen molar-refractivity contribution in [3.8, 4) is 0 Å². The van der Waals surface area contributed by atoms with Crippen LogP contribution in [-0.2, 0) is 0 Å². The summed E-state index contributed by atoms with van der Waals surface area (Å²) in [6.07, 6.45) is 1.38. The van der Waals surface area contributed by atoms with Crippen LogP contribution in [0.3, 0.4) is 0 Å². The molecule has 4 heteroatoms. The minimum absolute atomic E-state index is 0.0197. The third-order valence-electron chi connectivity index (χ3n) is 0.980. The zero-order valence-corrected chi connectivity index (χ0v) is 5.63. The second-order valence-electron chi connectivity index (χ2n) is 1.65. The molecule has 1 aromatic rings. The molecule has 1 aromatic heterocycles. The largest absolute Gasteiger partial charge is 0.347 e. The molecule has 2 nitrogen and oxygen atoms in total. The van der Waals surface area contributed by atoms with E-state index in [1.807, 2.05) is 0 Å². The van der Waals surface area contributed by atoms with Crippen molar-refractivity contribution in [2.24, 2.45) is 0 Å². The average Bonchev–Trinajstić information content (AvgIpc) is 1.83. The van der Waals surface area contributed by atoms with Gasteiger partial charge in [0.25, 0.3) is 0 Å². The second-order valence-corrected chi connectivity index (χ2v) is 2.03. The van der Waals surface area contributed by atoms with E-state index < -0.39 is 5.82 Å². The summed E-state index contributed by atoms with van der Waals surface area (Å²) in [5, 5.41) is 0. The molecule has 0 aliphatic rings. The van der Waals surface area contributed by atoms with Gasteiger partial charge in [0, 0.05) is 0 Å². The van der Waals surface area contributed by atoms with Crippen molar-refractivity contribution >= 4 is 12.2 Å². The van der Waals surface area contributed by atoms with Crippen LogP contribution in [-0.4, -0.2) is 9.97 Å². The molecule has 1 N–H and O–H groups in total. The number of hydrogen-bond donors (Lipinski definition) is 1. The molecule has 0 radical (unpaired) electrons. The highest BCUT2D eigenvalue weighted by molar-refractivity contribution is 7.71. The molecule has 1 rings (SSSR count). The summed E-state index contributed by atoms with van der Waals surface area (Å²) >= 11 is 4.53. The molecule has 0 fully saturated rings. The van der Waals surface area contributed by atoms with Gasteiger partial charge in [0.2, 0.25) is 0 Å². The van der Waals surface area contributed by atoms with Crippen LogP contribution in [0.2, 0.25) is 0 Å². The molecule has 0 aliphatic heterocycles. The number of hydrogen-bond acceptors (Lipinski definition) is 2. The summed E-state index contributed by atoms with van der Waals surface area (Å²) in [5.41, 5.74) is 0.426. The van der Waals surface area contributed by atoms with Gasteiger partial charge in [-0.15, -0.1) is 0 Å². The zero-order chi connectivity index (χ0) is 6.85. The lowest BCUT2D eigenvalue weighted by atomic mass is 10.4. The molecule has 0 aromatic carbocycles. The van der Waals surface area contributed by atoms with Crippen LogP contribution in [0.15, 0.2) is 6.33 Å². The first-order valence-electron chi connectivity index (χ1n) is 2.41. The Morgan fingerprint density at radius 3 is 2.89 bits per heavy atom. The summed E-state index contributed by atoms with van der Waals surface area (Å²) < 4.78 is 12.6. The molecular weight excluding hydrogens is 139 g/mol. The second kappa shape index (κ2) is 2.23. The topological polar surface area (TPSA) is 28.7 Å². The molecule has 0 bridgehead atoms. The van der Waals surface area contributed by atoms with E-state index in [0.717, 1.165) is 0 Å². The first kappa shape index (κ1) is 6.35. The Labute approximate surface area is 56.8 Å². The van der Waals surface area contributed by atoms with Crippen LogP contribution in [0.5, 0.6) is 0 Å². The molecule has 9 heavy (non-hydrogen) atoms. The number of rotatable bonds is 0. The zero-order valence-electron chi connectivity index (χ0n) is 4.81. The first-order chi connectivity index (χ1) is 4.22. The van der Waals surface area contributed by atoms with Gasteiger partial charge in [0.15, 0.2) is 10.5 Å². The Morgan fingerprint density at radius 2 is 2.44 bits per heavy atom. The maximum absolute atomic E-state index is 12.5. The third-order valence-corrected chi connectivity index (χ3v) is 1.26. The molecule has 0 atom stereocenters. The van der Waals surface area contributed by atoms with Crippen LogP contribution in [0.4, 0.5) is 4.39 Å². The van der Waals surface area contributed by atoms with E-state index in [2.05, 4.69) is 22.2 Å². The molecule has 0 saturated heterocycles. The van der Waals surface area contributed by atoms with E-state index in [1.54, 1.807) is 6.92 Å². The number of aromatic amines is 1. The molecular formula is C5H5FN2S. The van der Waals surface area contributed by atoms with Crippen molar-refractivity contribution < 1.29 is 4.39 Å². The molecule has 0 amide bonds.